The first-order valence-corrected chi connectivity index (χ1v) is 4.36. The minimum absolute atomic E-state index is 0.0525. The predicted octanol–water partition coefficient (Wildman–Crippen LogP) is 1.14. The quantitative estimate of drug-likeness (QED) is 0.652. The van der Waals surface area contributed by atoms with Gasteiger partial charge in [-0.05, 0) is 20.8 Å². The lowest BCUT2D eigenvalue weighted by Gasteiger charge is -2.21. The van der Waals surface area contributed by atoms with E-state index in [9.17, 15) is 14.7 Å². The first-order valence-electron chi connectivity index (χ1n) is 4.36. The standard InChI is InChI=1S/C10H16O4/c1-7(2)4-5-10(14,8(3)11)6-9(12)13/h4,14H,5-6H2,1-3H3,(H,12,13)/t10-/m1/s1. The van der Waals surface area contributed by atoms with Gasteiger partial charge in [0.2, 0.25) is 0 Å². The second kappa shape index (κ2) is 4.91. The summed E-state index contributed by atoms with van der Waals surface area (Å²) in [6.07, 6.45) is 1.16. The van der Waals surface area contributed by atoms with Gasteiger partial charge in [-0.2, -0.15) is 0 Å². The minimum Gasteiger partial charge on any atom is -0.481 e. The molecule has 0 aliphatic rings. The summed E-state index contributed by atoms with van der Waals surface area (Å²) in [4.78, 5) is 21.5. The largest absolute Gasteiger partial charge is 0.481 e. The maximum Gasteiger partial charge on any atom is 0.306 e. The van der Waals surface area contributed by atoms with Crippen LogP contribution in [0.2, 0.25) is 0 Å². The highest BCUT2D eigenvalue weighted by atomic mass is 16.4. The van der Waals surface area contributed by atoms with Gasteiger partial charge < -0.3 is 10.2 Å². The summed E-state index contributed by atoms with van der Waals surface area (Å²) < 4.78 is 0. The molecule has 0 aromatic carbocycles. The van der Waals surface area contributed by atoms with Crippen molar-refractivity contribution in [3.05, 3.63) is 11.6 Å². The summed E-state index contributed by atoms with van der Waals surface area (Å²) >= 11 is 0. The van der Waals surface area contributed by atoms with Crippen LogP contribution < -0.4 is 0 Å². The predicted molar refractivity (Wildman–Crippen MR) is 51.9 cm³/mol. The molecule has 0 saturated carbocycles. The van der Waals surface area contributed by atoms with Gasteiger partial charge in [-0.15, -0.1) is 0 Å². The number of hydrogen-bond donors (Lipinski definition) is 2. The van der Waals surface area contributed by atoms with E-state index in [4.69, 9.17) is 5.11 Å². The maximum absolute atomic E-state index is 11.1. The van der Waals surface area contributed by atoms with E-state index in [0.29, 0.717) is 0 Å². The van der Waals surface area contributed by atoms with Crippen LogP contribution in [0.4, 0.5) is 0 Å². The van der Waals surface area contributed by atoms with Crippen molar-refractivity contribution >= 4 is 11.8 Å². The SMILES string of the molecule is CC(=O)[C@@](O)(CC=C(C)C)CC(=O)O. The van der Waals surface area contributed by atoms with E-state index in [0.717, 1.165) is 5.57 Å². The summed E-state index contributed by atoms with van der Waals surface area (Å²) in [5.74, 6) is -1.69. The zero-order valence-corrected chi connectivity index (χ0v) is 8.70. The van der Waals surface area contributed by atoms with E-state index in [-0.39, 0.29) is 6.42 Å². The van der Waals surface area contributed by atoms with Crippen molar-refractivity contribution in [2.75, 3.05) is 0 Å². The third-order valence-corrected chi connectivity index (χ3v) is 1.95. The Bertz CT molecular complexity index is 263. The molecule has 0 saturated heterocycles. The number of hydrogen-bond acceptors (Lipinski definition) is 3. The molecular weight excluding hydrogens is 184 g/mol. The number of aliphatic hydroxyl groups is 1. The van der Waals surface area contributed by atoms with E-state index >= 15 is 0 Å². The van der Waals surface area contributed by atoms with Crippen LogP contribution in [0, 0.1) is 0 Å². The maximum atomic E-state index is 11.1. The number of rotatable bonds is 5. The van der Waals surface area contributed by atoms with Gasteiger partial charge in [0.05, 0.1) is 6.42 Å². The molecule has 0 heterocycles. The molecular formula is C10H16O4. The zero-order valence-electron chi connectivity index (χ0n) is 8.70. The number of carbonyl (C=O) groups excluding carboxylic acids is 1. The van der Waals surface area contributed by atoms with Gasteiger partial charge >= 0.3 is 5.97 Å². The summed E-state index contributed by atoms with van der Waals surface area (Å²) in [5, 5.41) is 18.3. The lowest BCUT2D eigenvalue weighted by Crippen LogP contribution is -2.38. The van der Waals surface area contributed by atoms with Crippen LogP contribution in [0.3, 0.4) is 0 Å². The lowest BCUT2D eigenvalue weighted by atomic mass is 9.90. The van der Waals surface area contributed by atoms with Gasteiger partial charge in [0, 0.05) is 6.42 Å². The molecule has 0 amide bonds. The van der Waals surface area contributed by atoms with E-state index in [1.807, 2.05) is 13.8 Å². The Balaban J connectivity index is 4.64. The van der Waals surface area contributed by atoms with Crippen molar-refractivity contribution in [3.8, 4) is 0 Å². The second-order valence-corrected chi connectivity index (χ2v) is 3.64. The molecule has 14 heavy (non-hydrogen) atoms. The normalized spacial score (nSPS) is 14.3. The van der Waals surface area contributed by atoms with Crippen molar-refractivity contribution in [3.63, 3.8) is 0 Å². The van der Waals surface area contributed by atoms with Crippen molar-refractivity contribution in [1.82, 2.24) is 0 Å². The molecule has 0 radical (unpaired) electrons. The molecule has 0 aliphatic carbocycles. The Labute approximate surface area is 83.2 Å². The van der Waals surface area contributed by atoms with Crippen molar-refractivity contribution in [2.24, 2.45) is 0 Å². The molecule has 0 aromatic rings. The first-order chi connectivity index (χ1) is 6.28. The Morgan fingerprint density at radius 3 is 2.07 bits per heavy atom. The van der Waals surface area contributed by atoms with Gasteiger partial charge in [0.15, 0.2) is 5.78 Å². The smallest absolute Gasteiger partial charge is 0.306 e. The first kappa shape index (κ1) is 12.8. The summed E-state index contributed by atoms with van der Waals surface area (Å²) in [5.41, 5.74) is -0.821. The number of Topliss-reactive ketones (excluding diaryl/α,β-unsaturated/α-hetero) is 1. The Morgan fingerprint density at radius 2 is 1.79 bits per heavy atom. The topological polar surface area (TPSA) is 74.6 Å². The Kier molecular flexibility index (Phi) is 4.50. The van der Waals surface area contributed by atoms with Crippen molar-refractivity contribution in [1.29, 1.82) is 0 Å². The van der Waals surface area contributed by atoms with Crippen LogP contribution in [0.5, 0.6) is 0 Å². The molecule has 0 spiro atoms. The molecule has 0 bridgehead atoms. The van der Waals surface area contributed by atoms with E-state index < -0.39 is 23.8 Å². The number of carbonyl (C=O) groups is 2. The summed E-state index contributed by atoms with van der Waals surface area (Å²) in [6, 6.07) is 0. The van der Waals surface area contributed by atoms with Gasteiger partial charge in [-0.1, -0.05) is 11.6 Å². The fourth-order valence-corrected chi connectivity index (χ4v) is 0.964. The fourth-order valence-electron chi connectivity index (χ4n) is 0.964. The average molecular weight is 200 g/mol. The average Bonchev–Trinajstić information content (AvgIpc) is 1.99. The summed E-state index contributed by atoms with van der Waals surface area (Å²) in [6.45, 7) is 4.84. The number of allylic oxidation sites excluding steroid dienone is 1. The molecule has 0 fully saturated rings. The monoisotopic (exact) mass is 200 g/mol. The molecule has 0 aliphatic heterocycles. The summed E-state index contributed by atoms with van der Waals surface area (Å²) in [7, 11) is 0. The van der Waals surface area contributed by atoms with Crippen LogP contribution in [0.25, 0.3) is 0 Å². The minimum atomic E-state index is -1.76. The van der Waals surface area contributed by atoms with Gasteiger partial charge in [0.1, 0.15) is 5.60 Å². The number of ketones is 1. The highest BCUT2D eigenvalue weighted by Gasteiger charge is 2.33. The lowest BCUT2D eigenvalue weighted by molar-refractivity contribution is -0.149. The van der Waals surface area contributed by atoms with Gasteiger partial charge in [0.25, 0.3) is 0 Å². The van der Waals surface area contributed by atoms with Crippen molar-refractivity contribution in [2.45, 2.75) is 39.2 Å². The Hall–Kier alpha value is -1.16. The van der Waals surface area contributed by atoms with Crippen LogP contribution in [-0.4, -0.2) is 27.6 Å². The molecule has 4 nitrogen and oxygen atoms in total. The number of aliphatic carboxylic acids is 1. The fraction of sp³-hybridized carbons (Fsp3) is 0.600. The molecule has 0 unspecified atom stereocenters. The third-order valence-electron chi connectivity index (χ3n) is 1.95. The molecule has 80 valence electrons. The highest BCUT2D eigenvalue weighted by Crippen LogP contribution is 2.18. The van der Waals surface area contributed by atoms with Crippen LogP contribution in [0.15, 0.2) is 11.6 Å². The van der Waals surface area contributed by atoms with Gasteiger partial charge in [-0.3, -0.25) is 9.59 Å². The zero-order chi connectivity index (χ0) is 11.4. The molecule has 0 aromatic heterocycles. The Morgan fingerprint density at radius 1 is 1.29 bits per heavy atom. The van der Waals surface area contributed by atoms with Crippen LogP contribution in [0.1, 0.15) is 33.6 Å². The third kappa shape index (κ3) is 4.18. The van der Waals surface area contributed by atoms with Crippen molar-refractivity contribution < 1.29 is 19.8 Å². The molecule has 1 atom stereocenters. The number of carboxylic acid groups (broad SMARTS) is 1. The van der Waals surface area contributed by atoms with E-state index in [1.54, 1.807) is 6.08 Å². The molecule has 0 rings (SSSR count). The highest BCUT2D eigenvalue weighted by molar-refractivity contribution is 5.89. The number of carboxylic acids is 1. The van der Waals surface area contributed by atoms with Crippen LogP contribution in [-0.2, 0) is 9.59 Å². The van der Waals surface area contributed by atoms with E-state index in [2.05, 4.69) is 0 Å². The van der Waals surface area contributed by atoms with Gasteiger partial charge in [-0.25, -0.2) is 0 Å². The van der Waals surface area contributed by atoms with Crippen LogP contribution >= 0.6 is 0 Å². The molecule has 2 N–H and O–H groups in total. The molecule has 4 heteroatoms. The second-order valence-electron chi connectivity index (χ2n) is 3.64. The van der Waals surface area contributed by atoms with E-state index in [1.165, 1.54) is 6.92 Å².